The predicted octanol–water partition coefficient (Wildman–Crippen LogP) is 2.36. The molecule has 0 aliphatic carbocycles. The molecule has 0 saturated carbocycles. The lowest BCUT2D eigenvalue weighted by molar-refractivity contribution is -0.115. The van der Waals surface area contributed by atoms with Gasteiger partial charge in [0.05, 0.1) is 18.8 Å². The largest absolute Gasteiger partial charge is 0.506 e. The molecule has 3 N–H and O–H groups in total. The first kappa shape index (κ1) is 13.8. The van der Waals surface area contributed by atoms with Gasteiger partial charge in [0.15, 0.2) is 0 Å². The van der Waals surface area contributed by atoms with Gasteiger partial charge in [-0.2, -0.15) is 5.10 Å². The van der Waals surface area contributed by atoms with Crippen LogP contribution in [0.15, 0.2) is 55.1 Å². The van der Waals surface area contributed by atoms with Crippen molar-refractivity contribution in [3.63, 3.8) is 0 Å². The van der Waals surface area contributed by atoms with Crippen molar-refractivity contribution in [2.45, 2.75) is 6.42 Å². The average Bonchev–Trinajstić information content (AvgIpc) is 3.01. The number of nitrogens with one attached hydrogen (secondary N) is 2. The van der Waals surface area contributed by atoms with Crippen LogP contribution in [0.2, 0.25) is 0 Å². The van der Waals surface area contributed by atoms with E-state index in [4.69, 9.17) is 0 Å². The van der Waals surface area contributed by atoms with Gasteiger partial charge in [-0.15, -0.1) is 0 Å². The van der Waals surface area contributed by atoms with Crippen LogP contribution in [0, 0.1) is 0 Å². The minimum Gasteiger partial charge on any atom is -0.506 e. The van der Waals surface area contributed by atoms with Crippen LogP contribution < -0.4 is 5.32 Å². The molecule has 0 saturated heterocycles. The number of carbonyl (C=O) groups is 1. The van der Waals surface area contributed by atoms with E-state index in [1.165, 1.54) is 12.3 Å². The Morgan fingerprint density at radius 3 is 2.86 bits per heavy atom. The van der Waals surface area contributed by atoms with Crippen molar-refractivity contribution in [3.8, 4) is 16.9 Å². The standard InChI is InChI=1S/C16H14N4O2/c21-15-4-11(7-17-10-15)5-16(22)20-14-3-1-2-12(6-14)13-8-18-19-9-13/h1-4,6-10,21H,5H2,(H,18,19)(H,20,22). The van der Waals surface area contributed by atoms with Crippen molar-refractivity contribution in [3.05, 3.63) is 60.7 Å². The third kappa shape index (κ3) is 3.29. The minimum atomic E-state index is -0.170. The normalized spacial score (nSPS) is 10.4. The van der Waals surface area contributed by atoms with Gasteiger partial charge in [0.25, 0.3) is 0 Å². The van der Waals surface area contributed by atoms with Crippen LogP contribution in [0.4, 0.5) is 5.69 Å². The number of pyridine rings is 1. The first-order valence-corrected chi connectivity index (χ1v) is 6.73. The van der Waals surface area contributed by atoms with E-state index in [9.17, 15) is 9.90 Å². The van der Waals surface area contributed by atoms with E-state index in [0.29, 0.717) is 11.3 Å². The van der Waals surface area contributed by atoms with Gasteiger partial charge in [0, 0.05) is 23.6 Å². The maximum absolute atomic E-state index is 12.1. The van der Waals surface area contributed by atoms with Gasteiger partial charge in [-0.3, -0.25) is 14.9 Å². The molecule has 0 spiro atoms. The molecule has 1 aromatic carbocycles. The fraction of sp³-hybridized carbons (Fsp3) is 0.0625. The Morgan fingerprint density at radius 2 is 2.09 bits per heavy atom. The summed E-state index contributed by atoms with van der Waals surface area (Å²) in [7, 11) is 0. The van der Waals surface area contributed by atoms with E-state index in [2.05, 4.69) is 20.5 Å². The highest BCUT2D eigenvalue weighted by molar-refractivity contribution is 5.92. The highest BCUT2D eigenvalue weighted by atomic mass is 16.3. The molecule has 6 heteroatoms. The van der Waals surface area contributed by atoms with Crippen LogP contribution in [0.3, 0.4) is 0 Å². The molecule has 6 nitrogen and oxygen atoms in total. The molecular formula is C16H14N4O2. The maximum atomic E-state index is 12.1. The molecule has 3 aromatic rings. The zero-order valence-electron chi connectivity index (χ0n) is 11.7. The molecule has 110 valence electrons. The van der Waals surface area contributed by atoms with E-state index >= 15 is 0 Å². The van der Waals surface area contributed by atoms with Gasteiger partial charge in [-0.05, 0) is 29.3 Å². The Morgan fingerprint density at radius 1 is 1.18 bits per heavy atom. The van der Waals surface area contributed by atoms with E-state index < -0.39 is 0 Å². The summed E-state index contributed by atoms with van der Waals surface area (Å²) in [5.74, 6) is -0.121. The summed E-state index contributed by atoms with van der Waals surface area (Å²) >= 11 is 0. The van der Waals surface area contributed by atoms with Crippen LogP contribution in [-0.4, -0.2) is 26.2 Å². The summed E-state index contributed by atoms with van der Waals surface area (Å²) in [6, 6.07) is 9.04. The third-order valence-electron chi connectivity index (χ3n) is 3.12. The Labute approximate surface area is 126 Å². The predicted molar refractivity (Wildman–Crippen MR) is 82.3 cm³/mol. The number of benzene rings is 1. The van der Waals surface area contributed by atoms with Gasteiger partial charge in [-0.25, -0.2) is 0 Å². The minimum absolute atomic E-state index is 0.0484. The maximum Gasteiger partial charge on any atom is 0.228 e. The second-order valence-electron chi connectivity index (χ2n) is 4.84. The number of H-pyrrole nitrogens is 1. The molecule has 2 aromatic heterocycles. The molecule has 0 radical (unpaired) electrons. The van der Waals surface area contributed by atoms with Gasteiger partial charge in [0.1, 0.15) is 5.75 Å². The smallest absolute Gasteiger partial charge is 0.228 e. The Balaban J connectivity index is 1.70. The molecule has 1 amide bonds. The number of carbonyl (C=O) groups excluding carboxylic acids is 1. The molecule has 22 heavy (non-hydrogen) atoms. The fourth-order valence-electron chi connectivity index (χ4n) is 2.15. The van der Waals surface area contributed by atoms with Crippen molar-refractivity contribution in [1.82, 2.24) is 15.2 Å². The zero-order chi connectivity index (χ0) is 15.4. The number of aromatic amines is 1. The number of aromatic hydroxyl groups is 1. The van der Waals surface area contributed by atoms with E-state index in [-0.39, 0.29) is 18.1 Å². The lowest BCUT2D eigenvalue weighted by atomic mass is 10.1. The van der Waals surface area contributed by atoms with Crippen molar-refractivity contribution in [2.24, 2.45) is 0 Å². The summed E-state index contributed by atoms with van der Waals surface area (Å²) in [6.07, 6.45) is 6.55. The highest BCUT2D eigenvalue weighted by Gasteiger charge is 2.06. The first-order valence-electron chi connectivity index (χ1n) is 6.73. The van der Waals surface area contributed by atoms with Crippen molar-refractivity contribution < 1.29 is 9.90 Å². The second kappa shape index (κ2) is 6.09. The Bertz CT molecular complexity index is 784. The van der Waals surface area contributed by atoms with E-state index in [1.54, 1.807) is 18.6 Å². The zero-order valence-corrected chi connectivity index (χ0v) is 11.7. The highest BCUT2D eigenvalue weighted by Crippen LogP contribution is 2.21. The summed E-state index contributed by atoms with van der Waals surface area (Å²) in [4.78, 5) is 15.9. The number of nitrogens with zero attached hydrogens (tertiary/aromatic N) is 2. The lowest BCUT2D eigenvalue weighted by Gasteiger charge is -2.07. The van der Waals surface area contributed by atoms with E-state index in [0.717, 1.165) is 11.1 Å². The second-order valence-corrected chi connectivity index (χ2v) is 4.84. The molecule has 3 rings (SSSR count). The number of rotatable bonds is 4. The number of aromatic nitrogens is 3. The third-order valence-corrected chi connectivity index (χ3v) is 3.12. The molecule has 2 heterocycles. The number of anilines is 1. The quantitative estimate of drug-likeness (QED) is 0.689. The van der Waals surface area contributed by atoms with Gasteiger partial charge < -0.3 is 10.4 Å². The molecule has 0 fully saturated rings. The molecule has 0 aliphatic rings. The van der Waals surface area contributed by atoms with Crippen LogP contribution in [0.25, 0.3) is 11.1 Å². The Hall–Kier alpha value is -3.15. The SMILES string of the molecule is O=C(Cc1cncc(O)c1)Nc1cccc(-c2cn[nH]c2)c1. The molecular weight excluding hydrogens is 280 g/mol. The fourth-order valence-corrected chi connectivity index (χ4v) is 2.15. The van der Waals surface area contributed by atoms with Crippen LogP contribution in [-0.2, 0) is 11.2 Å². The monoisotopic (exact) mass is 294 g/mol. The first-order chi connectivity index (χ1) is 10.7. The number of amides is 1. The average molecular weight is 294 g/mol. The van der Waals surface area contributed by atoms with Crippen molar-refractivity contribution in [1.29, 1.82) is 0 Å². The number of hydrogen-bond acceptors (Lipinski definition) is 4. The van der Waals surface area contributed by atoms with Crippen LogP contribution in [0.5, 0.6) is 5.75 Å². The van der Waals surface area contributed by atoms with Gasteiger partial charge in [-0.1, -0.05) is 12.1 Å². The summed E-state index contributed by atoms with van der Waals surface area (Å²) in [5.41, 5.74) is 3.28. The summed E-state index contributed by atoms with van der Waals surface area (Å²) in [5, 5.41) is 18.9. The summed E-state index contributed by atoms with van der Waals surface area (Å²) < 4.78 is 0. The molecule has 0 atom stereocenters. The Kier molecular flexibility index (Phi) is 3.82. The van der Waals surface area contributed by atoms with Crippen LogP contribution >= 0.6 is 0 Å². The van der Waals surface area contributed by atoms with Crippen molar-refractivity contribution in [2.75, 3.05) is 5.32 Å². The number of hydrogen-bond donors (Lipinski definition) is 3. The molecule has 0 aliphatic heterocycles. The van der Waals surface area contributed by atoms with Crippen molar-refractivity contribution >= 4 is 11.6 Å². The van der Waals surface area contributed by atoms with E-state index in [1.807, 2.05) is 24.3 Å². The summed E-state index contributed by atoms with van der Waals surface area (Å²) in [6.45, 7) is 0. The molecule has 0 bridgehead atoms. The van der Waals surface area contributed by atoms with Gasteiger partial charge >= 0.3 is 0 Å². The van der Waals surface area contributed by atoms with Gasteiger partial charge in [0.2, 0.25) is 5.91 Å². The topological polar surface area (TPSA) is 90.9 Å². The molecule has 0 unspecified atom stereocenters. The van der Waals surface area contributed by atoms with Crippen LogP contribution in [0.1, 0.15) is 5.56 Å². The lowest BCUT2D eigenvalue weighted by Crippen LogP contribution is -2.14.